The molecule has 5 nitrogen and oxygen atoms in total. The second-order valence-electron chi connectivity index (χ2n) is 7.39. The van der Waals surface area contributed by atoms with Crippen molar-refractivity contribution in [3.63, 3.8) is 0 Å². The maximum atomic E-state index is 13.3. The van der Waals surface area contributed by atoms with E-state index in [-0.39, 0.29) is 27.3 Å². The van der Waals surface area contributed by atoms with Gasteiger partial charge in [-0.15, -0.1) is 0 Å². The number of nitrogens with zero attached hydrogens (tertiary/aromatic N) is 1. The molecule has 4 rings (SSSR count). The number of carbonyl (C=O) groups is 2. The lowest BCUT2D eigenvalue weighted by Gasteiger charge is -2.30. The fourth-order valence-electron chi connectivity index (χ4n) is 4.24. The van der Waals surface area contributed by atoms with Gasteiger partial charge < -0.3 is 14.6 Å². The summed E-state index contributed by atoms with van der Waals surface area (Å²) in [5.41, 5.74) is 2.45. The number of aliphatic hydroxyl groups excluding tert-OH is 1. The van der Waals surface area contributed by atoms with Crippen LogP contribution >= 0.6 is 23.2 Å². The second-order valence-corrected chi connectivity index (χ2v) is 8.20. The average molecular weight is 432 g/mol. The van der Waals surface area contributed by atoms with Gasteiger partial charge in [-0.05, 0) is 61.1 Å². The number of carboxylic acids is 1. The molecule has 1 saturated carbocycles. The van der Waals surface area contributed by atoms with Crippen LogP contribution in [-0.2, 0) is 4.79 Å². The molecule has 150 valence electrons. The average Bonchev–Trinajstić information content (AvgIpc) is 3.07. The summed E-state index contributed by atoms with van der Waals surface area (Å²) in [7, 11) is 0. The summed E-state index contributed by atoms with van der Waals surface area (Å²) < 4.78 is 1.80. The second kappa shape index (κ2) is 7.82. The van der Waals surface area contributed by atoms with Gasteiger partial charge in [0.25, 0.3) is 0 Å². The Morgan fingerprint density at radius 1 is 1.03 bits per heavy atom. The van der Waals surface area contributed by atoms with Crippen LogP contribution in [0.3, 0.4) is 0 Å². The van der Waals surface area contributed by atoms with Gasteiger partial charge in [-0.2, -0.15) is 0 Å². The van der Waals surface area contributed by atoms with E-state index in [2.05, 4.69) is 0 Å². The van der Waals surface area contributed by atoms with Gasteiger partial charge in [0.15, 0.2) is 0 Å². The van der Waals surface area contributed by atoms with Crippen molar-refractivity contribution in [2.45, 2.75) is 31.3 Å². The van der Waals surface area contributed by atoms with E-state index in [4.69, 9.17) is 23.2 Å². The van der Waals surface area contributed by atoms with E-state index < -0.39 is 18.0 Å². The highest BCUT2D eigenvalue weighted by molar-refractivity contribution is 6.40. The fourth-order valence-corrected chi connectivity index (χ4v) is 4.81. The first-order valence-electron chi connectivity index (χ1n) is 9.38. The molecule has 0 bridgehead atoms. The van der Waals surface area contributed by atoms with Crippen LogP contribution in [0.25, 0.3) is 5.52 Å². The Kier molecular flexibility index (Phi) is 5.38. The number of carbonyl (C=O) groups excluding carboxylic acids is 1. The molecular weight excluding hydrogens is 413 g/mol. The fraction of sp³-hybridized carbons (Fsp3) is 0.273. The van der Waals surface area contributed by atoms with Crippen LogP contribution in [0, 0.1) is 5.92 Å². The van der Waals surface area contributed by atoms with Crippen LogP contribution in [0.4, 0.5) is 0 Å². The van der Waals surface area contributed by atoms with E-state index in [0.717, 1.165) is 11.1 Å². The van der Waals surface area contributed by atoms with Gasteiger partial charge in [0, 0.05) is 11.7 Å². The number of hydrogen-bond acceptors (Lipinski definition) is 3. The van der Waals surface area contributed by atoms with Gasteiger partial charge in [-0.1, -0.05) is 35.3 Å². The van der Waals surface area contributed by atoms with Gasteiger partial charge in [0.1, 0.15) is 0 Å². The Morgan fingerprint density at radius 3 is 2.41 bits per heavy atom. The summed E-state index contributed by atoms with van der Waals surface area (Å²) in [4.78, 5) is 24.6. The number of benzene rings is 1. The molecule has 1 aliphatic carbocycles. The molecule has 0 radical (unpaired) electrons. The van der Waals surface area contributed by atoms with Crippen LogP contribution in [0.1, 0.15) is 46.8 Å². The number of hydrogen-bond donors (Lipinski definition) is 2. The van der Waals surface area contributed by atoms with Gasteiger partial charge >= 0.3 is 5.97 Å². The van der Waals surface area contributed by atoms with Crippen molar-refractivity contribution >= 4 is 40.5 Å². The van der Waals surface area contributed by atoms with Crippen LogP contribution in [0.5, 0.6) is 0 Å². The number of aromatic nitrogens is 1. The third kappa shape index (κ3) is 3.54. The van der Waals surface area contributed by atoms with Gasteiger partial charge in [-0.3, -0.25) is 9.59 Å². The first-order valence-corrected chi connectivity index (χ1v) is 10.1. The van der Waals surface area contributed by atoms with Gasteiger partial charge in [0.05, 0.1) is 33.3 Å². The Bertz CT molecular complexity index is 1090. The highest BCUT2D eigenvalue weighted by Gasteiger charge is 2.36. The molecule has 0 aliphatic heterocycles. The molecule has 29 heavy (non-hydrogen) atoms. The first kappa shape index (κ1) is 20.0. The summed E-state index contributed by atoms with van der Waals surface area (Å²) in [6, 6.07) is 12.4. The molecule has 1 fully saturated rings. The van der Waals surface area contributed by atoms with Crippen LogP contribution < -0.4 is 0 Å². The molecule has 0 saturated heterocycles. The zero-order chi connectivity index (χ0) is 20.7. The number of halogens is 2. The third-order valence-electron chi connectivity index (χ3n) is 5.70. The summed E-state index contributed by atoms with van der Waals surface area (Å²) in [6.45, 7) is 0. The molecule has 1 aromatic carbocycles. The van der Waals surface area contributed by atoms with Crippen LogP contribution in [0.2, 0.25) is 10.0 Å². The van der Waals surface area contributed by atoms with Crippen molar-refractivity contribution in [3.05, 3.63) is 75.5 Å². The number of carboxylic acid groups (broad SMARTS) is 1. The lowest BCUT2D eigenvalue weighted by molar-refractivity contribution is -0.147. The smallest absolute Gasteiger partial charge is 0.309 e. The Labute approximate surface area is 177 Å². The quantitative estimate of drug-likeness (QED) is 0.581. The highest BCUT2D eigenvalue weighted by Crippen LogP contribution is 2.39. The number of pyridine rings is 1. The van der Waals surface area contributed by atoms with Gasteiger partial charge in [-0.25, -0.2) is 0 Å². The highest BCUT2D eigenvalue weighted by atomic mass is 35.5. The summed E-state index contributed by atoms with van der Waals surface area (Å²) in [6.07, 6.45) is 2.25. The van der Waals surface area contributed by atoms with E-state index in [9.17, 15) is 19.8 Å². The van der Waals surface area contributed by atoms with Crippen LogP contribution in [-0.4, -0.2) is 32.5 Å². The van der Waals surface area contributed by atoms with Crippen LogP contribution in [0.15, 0.2) is 48.7 Å². The lowest BCUT2D eigenvalue weighted by Crippen LogP contribution is -2.33. The van der Waals surface area contributed by atoms with E-state index in [1.807, 2.05) is 24.3 Å². The SMILES string of the molecule is O=C(c1c(Cl)cccc1Cl)c1cc(C2CCC(C(=O)O)C(O)C2)c2ccccn12. The molecule has 2 aromatic heterocycles. The Hall–Kier alpha value is -2.34. The molecule has 1 aliphatic rings. The van der Waals surface area contributed by atoms with E-state index in [0.29, 0.717) is 25.0 Å². The number of ketones is 1. The minimum atomic E-state index is -0.970. The minimum Gasteiger partial charge on any atom is -0.481 e. The maximum Gasteiger partial charge on any atom is 0.309 e. The molecule has 3 atom stereocenters. The molecule has 0 amide bonds. The molecule has 2 heterocycles. The number of fused-ring (bicyclic) bond motifs is 1. The normalized spacial score (nSPS) is 22.0. The lowest BCUT2D eigenvalue weighted by atomic mass is 9.77. The maximum absolute atomic E-state index is 13.3. The Morgan fingerprint density at radius 2 is 1.76 bits per heavy atom. The van der Waals surface area contributed by atoms with Crippen molar-refractivity contribution in [2.75, 3.05) is 0 Å². The van der Waals surface area contributed by atoms with Crippen molar-refractivity contribution < 1.29 is 19.8 Å². The monoisotopic (exact) mass is 431 g/mol. The molecule has 3 unspecified atom stereocenters. The Balaban J connectivity index is 1.77. The van der Waals surface area contributed by atoms with Crippen molar-refractivity contribution in [1.82, 2.24) is 4.40 Å². The summed E-state index contributed by atoms with van der Waals surface area (Å²) >= 11 is 12.5. The van der Waals surface area contributed by atoms with Crippen molar-refractivity contribution in [2.24, 2.45) is 5.92 Å². The largest absolute Gasteiger partial charge is 0.481 e. The predicted molar refractivity (Wildman–Crippen MR) is 111 cm³/mol. The van der Waals surface area contributed by atoms with E-state index >= 15 is 0 Å². The minimum absolute atomic E-state index is 0.0405. The zero-order valence-electron chi connectivity index (χ0n) is 15.4. The van der Waals surface area contributed by atoms with E-state index in [1.165, 1.54) is 0 Å². The van der Waals surface area contributed by atoms with E-state index in [1.54, 1.807) is 28.8 Å². The molecule has 2 N–H and O–H groups in total. The molecular formula is C22H19Cl2NO4. The zero-order valence-corrected chi connectivity index (χ0v) is 16.9. The molecule has 0 spiro atoms. The molecule has 7 heteroatoms. The topological polar surface area (TPSA) is 79.0 Å². The number of aliphatic carboxylic acids is 1. The van der Waals surface area contributed by atoms with Crippen molar-refractivity contribution in [1.29, 1.82) is 0 Å². The summed E-state index contributed by atoms with van der Waals surface area (Å²) in [5, 5.41) is 20.1. The van der Waals surface area contributed by atoms with Crippen molar-refractivity contribution in [3.8, 4) is 0 Å². The van der Waals surface area contributed by atoms with Gasteiger partial charge in [0.2, 0.25) is 5.78 Å². The summed E-state index contributed by atoms with van der Waals surface area (Å²) in [5.74, 6) is -2.04. The third-order valence-corrected chi connectivity index (χ3v) is 6.33. The first-order chi connectivity index (χ1) is 13.9. The number of rotatable bonds is 4. The number of aliphatic hydroxyl groups is 1. The predicted octanol–water partition coefficient (Wildman–Crippen LogP) is 4.81. The molecule has 3 aromatic rings. The standard InChI is InChI=1S/C22H19Cl2NO4/c23-15-4-3-5-16(24)20(15)21(27)18-11-14(17-6-1-2-9-25(17)18)12-7-8-13(22(28)29)19(26)10-12/h1-6,9,11-13,19,26H,7-8,10H2,(H,28,29).